The van der Waals surface area contributed by atoms with Crippen LogP contribution in [0.3, 0.4) is 0 Å². The Hall–Kier alpha value is -1.10. The van der Waals surface area contributed by atoms with Crippen molar-refractivity contribution in [1.29, 1.82) is 0 Å². The van der Waals surface area contributed by atoms with Gasteiger partial charge in [0.25, 0.3) is 0 Å². The van der Waals surface area contributed by atoms with Crippen LogP contribution in [0.5, 0.6) is 0 Å². The number of hydrogen-bond acceptors (Lipinski definition) is 4. The summed E-state index contributed by atoms with van der Waals surface area (Å²) in [6, 6.07) is -0.216. The first-order valence-corrected chi connectivity index (χ1v) is 5.35. The predicted molar refractivity (Wildman–Crippen MR) is 62.0 cm³/mol. The third kappa shape index (κ3) is 4.18. The lowest BCUT2D eigenvalue weighted by Crippen LogP contribution is -2.49. The number of likely N-dealkylation sites (N-methyl/N-ethyl adjacent to an activating group) is 1. The number of amides is 1. The zero-order valence-electron chi connectivity index (χ0n) is 11.0. The summed E-state index contributed by atoms with van der Waals surface area (Å²) in [4.78, 5) is 26.4. The van der Waals surface area contributed by atoms with Crippen LogP contribution >= 0.6 is 0 Å². The zero-order chi connectivity index (χ0) is 12.9. The summed E-state index contributed by atoms with van der Waals surface area (Å²) in [6.07, 6.45) is 0. The molecule has 5 nitrogen and oxygen atoms in total. The minimum absolute atomic E-state index is 0.0161. The highest BCUT2D eigenvalue weighted by atomic mass is 16.5. The summed E-state index contributed by atoms with van der Waals surface area (Å²) < 4.78 is 4.62. The Kier molecular flexibility index (Phi) is 6.03. The van der Waals surface area contributed by atoms with Gasteiger partial charge in [0.05, 0.1) is 19.7 Å². The number of carbonyl (C=O) groups excluding carboxylic acids is 2. The van der Waals surface area contributed by atoms with Gasteiger partial charge in [-0.15, -0.1) is 0 Å². The van der Waals surface area contributed by atoms with E-state index in [0.29, 0.717) is 0 Å². The van der Waals surface area contributed by atoms with E-state index >= 15 is 0 Å². The molecule has 0 aliphatic rings. The second kappa shape index (κ2) is 6.48. The van der Waals surface area contributed by atoms with Crippen molar-refractivity contribution in [2.45, 2.75) is 32.9 Å². The molecule has 1 unspecified atom stereocenters. The van der Waals surface area contributed by atoms with Crippen molar-refractivity contribution in [1.82, 2.24) is 9.80 Å². The minimum atomic E-state index is -0.327. The maximum Gasteiger partial charge on any atom is 0.319 e. The molecule has 0 saturated heterocycles. The molecule has 0 rings (SSSR count). The fraction of sp³-hybridized carbons (Fsp3) is 0.818. The van der Waals surface area contributed by atoms with Gasteiger partial charge in [0.1, 0.15) is 0 Å². The molecule has 1 amide bonds. The molecule has 5 heteroatoms. The number of carbonyl (C=O) groups is 2. The monoisotopic (exact) mass is 230 g/mol. The second-order valence-electron chi connectivity index (χ2n) is 4.25. The van der Waals surface area contributed by atoms with E-state index in [1.54, 1.807) is 21.0 Å². The lowest BCUT2D eigenvalue weighted by atomic mass is 10.2. The van der Waals surface area contributed by atoms with Gasteiger partial charge < -0.3 is 9.64 Å². The molecular formula is C11H22N2O3. The van der Waals surface area contributed by atoms with Crippen LogP contribution in [0.25, 0.3) is 0 Å². The molecule has 0 aromatic carbocycles. The summed E-state index contributed by atoms with van der Waals surface area (Å²) in [6.45, 7) is 5.82. The molecule has 0 fully saturated rings. The van der Waals surface area contributed by atoms with Crippen molar-refractivity contribution >= 4 is 11.9 Å². The van der Waals surface area contributed by atoms with Crippen LogP contribution < -0.4 is 0 Å². The highest BCUT2D eigenvalue weighted by Gasteiger charge is 2.26. The Morgan fingerprint density at radius 2 is 1.69 bits per heavy atom. The van der Waals surface area contributed by atoms with Gasteiger partial charge >= 0.3 is 5.97 Å². The first-order valence-electron chi connectivity index (χ1n) is 5.35. The van der Waals surface area contributed by atoms with Crippen LogP contribution in [0.15, 0.2) is 0 Å². The Bertz CT molecular complexity index is 252. The molecule has 0 aliphatic carbocycles. The maximum atomic E-state index is 11.8. The van der Waals surface area contributed by atoms with Crippen molar-refractivity contribution in [3.8, 4) is 0 Å². The van der Waals surface area contributed by atoms with E-state index in [1.807, 2.05) is 18.7 Å². The molecule has 94 valence electrons. The van der Waals surface area contributed by atoms with Crippen LogP contribution in [-0.2, 0) is 14.3 Å². The molecule has 0 aliphatic heterocycles. The number of hydrogen-bond donors (Lipinski definition) is 0. The van der Waals surface area contributed by atoms with E-state index in [9.17, 15) is 9.59 Å². The Morgan fingerprint density at radius 3 is 2.00 bits per heavy atom. The van der Waals surface area contributed by atoms with Crippen LogP contribution in [0.1, 0.15) is 20.8 Å². The largest absolute Gasteiger partial charge is 0.468 e. The van der Waals surface area contributed by atoms with E-state index in [4.69, 9.17) is 0 Å². The first-order chi connectivity index (χ1) is 7.31. The van der Waals surface area contributed by atoms with Crippen molar-refractivity contribution in [3.05, 3.63) is 0 Å². The van der Waals surface area contributed by atoms with Crippen molar-refractivity contribution in [3.63, 3.8) is 0 Å². The van der Waals surface area contributed by atoms with Gasteiger partial charge in [-0.05, 0) is 20.8 Å². The lowest BCUT2D eigenvalue weighted by molar-refractivity contribution is -0.145. The van der Waals surface area contributed by atoms with Gasteiger partial charge in [-0.25, -0.2) is 0 Å². The molecule has 1 atom stereocenters. The SMILES string of the molecule is COC(=O)CN(C(C)C)C(C)C(=O)N(C)C. The number of ether oxygens (including phenoxy) is 1. The van der Waals surface area contributed by atoms with E-state index < -0.39 is 0 Å². The fourth-order valence-electron chi connectivity index (χ4n) is 1.50. The van der Waals surface area contributed by atoms with E-state index in [1.165, 1.54) is 12.0 Å². The summed E-state index contributed by atoms with van der Waals surface area (Å²) in [5.41, 5.74) is 0. The summed E-state index contributed by atoms with van der Waals surface area (Å²) >= 11 is 0. The Morgan fingerprint density at radius 1 is 1.19 bits per heavy atom. The Balaban J connectivity index is 4.65. The highest BCUT2D eigenvalue weighted by molar-refractivity contribution is 5.82. The topological polar surface area (TPSA) is 49.9 Å². The first kappa shape index (κ1) is 14.9. The average molecular weight is 230 g/mol. The number of methoxy groups -OCH3 is 1. The van der Waals surface area contributed by atoms with E-state index in [2.05, 4.69) is 4.74 Å². The second-order valence-corrected chi connectivity index (χ2v) is 4.25. The number of rotatable bonds is 5. The highest BCUT2D eigenvalue weighted by Crippen LogP contribution is 2.07. The Labute approximate surface area is 97.3 Å². The zero-order valence-corrected chi connectivity index (χ0v) is 11.0. The summed E-state index contributed by atoms with van der Waals surface area (Å²) in [5.74, 6) is -0.343. The normalized spacial score (nSPS) is 12.8. The predicted octanol–water partition coefficient (Wildman–Crippen LogP) is 0.346. The third-order valence-electron chi connectivity index (χ3n) is 2.50. The van der Waals surface area contributed by atoms with E-state index in [0.717, 1.165) is 0 Å². The van der Waals surface area contributed by atoms with E-state index in [-0.39, 0.29) is 30.5 Å². The third-order valence-corrected chi connectivity index (χ3v) is 2.50. The summed E-state index contributed by atoms with van der Waals surface area (Å²) in [7, 11) is 4.75. The van der Waals surface area contributed by atoms with Crippen molar-refractivity contribution in [2.75, 3.05) is 27.7 Å². The van der Waals surface area contributed by atoms with Gasteiger partial charge in [-0.3, -0.25) is 14.5 Å². The molecule has 16 heavy (non-hydrogen) atoms. The van der Waals surface area contributed by atoms with Gasteiger partial charge in [0.2, 0.25) is 5.91 Å². The molecule has 0 bridgehead atoms. The van der Waals surface area contributed by atoms with Crippen molar-refractivity contribution in [2.24, 2.45) is 0 Å². The van der Waals surface area contributed by atoms with Gasteiger partial charge in [-0.2, -0.15) is 0 Å². The van der Waals surface area contributed by atoms with Crippen LogP contribution in [0, 0.1) is 0 Å². The lowest BCUT2D eigenvalue weighted by Gasteiger charge is -2.32. The standard InChI is InChI=1S/C11H22N2O3/c1-8(2)13(7-10(14)16-6)9(3)11(15)12(4)5/h8-9H,7H2,1-6H3. The average Bonchev–Trinajstić information content (AvgIpc) is 2.22. The number of esters is 1. The molecule has 0 aromatic heterocycles. The molecule has 0 radical (unpaired) electrons. The molecule has 0 aromatic rings. The van der Waals surface area contributed by atoms with Gasteiger partial charge in [-0.1, -0.05) is 0 Å². The van der Waals surface area contributed by atoms with Crippen LogP contribution in [-0.4, -0.2) is 61.5 Å². The number of nitrogens with zero attached hydrogens (tertiary/aromatic N) is 2. The minimum Gasteiger partial charge on any atom is -0.468 e. The molecule has 0 saturated carbocycles. The molecule has 0 heterocycles. The van der Waals surface area contributed by atoms with Crippen LogP contribution in [0.2, 0.25) is 0 Å². The molecular weight excluding hydrogens is 208 g/mol. The molecule has 0 spiro atoms. The molecule has 0 N–H and O–H groups in total. The van der Waals surface area contributed by atoms with Crippen molar-refractivity contribution < 1.29 is 14.3 Å². The van der Waals surface area contributed by atoms with Gasteiger partial charge in [0, 0.05) is 20.1 Å². The smallest absolute Gasteiger partial charge is 0.319 e. The van der Waals surface area contributed by atoms with Gasteiger partial charge in [0.15, 0.2) is 0 Å². The fourth-order valence-corrected chi connectivity index (χ4v) is 1.50. The maximum absolute atomic E-state index is 11.8. The van der Waals surface area contributed by atoms with Crippen LogP contribution in [0.4, 0.5) is 0 Å². The quantitative estimate of drug-likeness (QED) is 0.639. The summed E-state index contributed by atoms with van der Waals surface area (Å²) in [5, 5.41) is 0.